The minimum atomic E-state index is -0.484. The Hall–Kier alpha value is -15.8. The molecule has 120 heavy (non-hydrogen) atoms. The largest absolute Gasteiger partial charge is 0.247 e. The van der Waals surface area contributed by atoms with Gasteiger partial charge >= 0.3 is 0 Å². The Morgan fingerprint density at radius 2 is 0.417 bits per heavy atom. The summed E-state index contributed by atoms with van der Waals surface area (Å²) in [7, 11) is 0. The molecule has 7 heteroatoms. The molecule has 4 aromatic heterocycles. The number of hydrogen-bond donors (Lipinski definition) is 0. The van der Waals surface area contributed by atoms with Crippen molar-refractivity contribution in [1.82, 2.24) is 34.9 Å². The van der Waals surface area contributed by atoms with Crippen LogP contribution in [-0.2, 0) is 10.8 Å². The van der Waals surface area contributed by atoms with E-state index in [1.165, 1.54) is 77.5 Å². The smallest absolute Gasteiger partial charge is 0.164 e. The molecule has 0 N–H and O–H groups in total. The summed E-state index contributed by atoms with van der Waals surface area (Å²) in [5.41, 5.74) is 30.1. The monoisotopic (exact) mass is 1530 g/mol. The van der Waals surface area contributed by atoms with Crippen LogP contribution in [0.4, 0.5) is 0 Å². The first-order chi connectivity index (χ1) is 59.5. The van der Waals surface area contributed by atoms with Gasteiger partial charge in [-0.15, -0.1) is 0 Å². The highest BCUT2D eigenvalue weighted by atomic mass is 15.0. The lowest BCUT2D eigenvalue weighted by atomic mass is 9.67. The van der Waals surface area contributed by atoms with E-state index in [-0.39, 0.29) is 0 Å². The van der Waals surface area contributed by atoms with Gasteiger partial charge in [0.05, 0.1) is 44.6 Å². The van der Waals surface area contributed by atoms with Crippen LogP contribution in [0.25, 0.3) is 167 Å². The second kappa shape index (κ2) is 29.8. The number of aromatic nitrogens is 7. The highest BCUT2D eigenvalue weighted by molar-refractivity contribution is 6.15. The van der Waals surface area contributed by atoms with Crippen LogP contribution in [0.3, 0.4) is 0 Å². The van der Waals surface area contributed by atoms with Crippen LogP contribution in [0, 0.1) is 0 Å². The average molecular weight is 1530 g/mol. The number of pyridine rings is 2. The van der Waals surface area contributed by atoms with E-state index in [1.807, 2.05) is 97.1 Å². The van der Waals surface area contributed by atoms with E-state index >= 15 is 0 Å². The number of fused-ring (bicyclic) bond motifs is 12. The molecule has 0 atom stereocenters. The van der Waals surface area contributed by atoms with Crippen molar-refractivity contribution in [3.8, 4) is 124 Å². The van der Waals surface area contributed by atoms with Crippen molar-refractivity contribution in [2.45, 2.75) is 10.8 Å². The van der Waals surface area contributed by atoms with Gasteiger partial charge in [0.25, 0.3) is 0 Å². The summed E-state index contributed by atoms with van der Waals surface area (Å²) in [6.07, 6.45) is 0. The van der Waals surface area contributed by atoms with Crippen molar-refractivity contribution in [1.29, 1.82) is 0 Å². The molecule has 0 unspecified atom stereocenters. The third-order valence-electron chi connectivity index (χ3n) is 24.2. The molecule has 0 aliphatic heterocycles. The zero-order valence-electron chi connectivity index (χ0n) is 65.3. The van der Waals surface area contributed by atoms with Crippen LogP contribution in [-0.4, -0.2) is 34.9 Å². The van der Waals surface area contributed by atoms with Crippen LogP contribution in [0.2, 0.25) is 0 Å². The molecule has 23 rings (SSSR count). The Morgan fingerprint density at radius 3 is 0.767 bits per heavy atom. The molecule has 0 saturated carbocycles. The van der Waals surface area contributed by atoms with E-state index in [0.717, 1.165) is 111 Å². The van der Waals surface area contributed by atoms with Crippen LogP contribution >= 0.6 is 0 Å². The number of nitrogens with zero attached hydrogens (tertiary/aromatic N) is 7. The Bertz CT molecular complexity index is 7250. The Balaban J connectivity index is 0.000000145. The van der Waals surface area contributed by atoms with E-state index in [9.17, 15) is 0 Å². The zero-order valence-corrected chi connectivity index (χ0v) is 65.3. The topological polar surface area (TPSA) is 90.2 Å². The Kier molecular flexibility index (Phi) is 17.6. The van der Waals surface area contributed by atoms with Crippen molar-refractivity contribution in [3.63, 3.8) is 0 Å². The van der Waals surface area contributed by atoms with E-state index in [4.69, 9.17) is 34.9 Å². The summed E-state index contributed by atoms with van der Waals surface area (Å²) < 4.78 is 0. The van der Waals surface area contributed by atoms with Crippen molar-refractivity contribution in [2.75, 3.05) is 0 Å². The highest BCUT2D eigenvalue weighted by Gasteiger charge is 2.48. The lowest BCUT2D eigenvalue weighted by Crippen LogP contribution is -2.28. The summed E-state index contributed by atoms with van der Waals surface area (Å²) in [6, 6.07) is 158. The molecule has 17 aromatic carbocycles. The van der Waals surface area contributed by atoms with Gasteiger partial charge in [0.15, 0.2) is 23.3 Å². The molecule has 0 saturated heterocycles. The first-order valence-corrected chi connectivity index (χ1v) is 40.8. The average Bonchev–Trinajstić information content (AvgIpc) is 1.53. The second-order valence-corrected chi connectivity index (χ2v) is 30.9. The maximum absolute atomic E-state index is 5.39. The molecule has 560 valence electrons. The Morgan fingerprint density at radius 1 is 0.150 bits per heavy atom. The molecule has 7 nitrogen and oxygen atoms in total. The molecular weight excluding hydrogens is 1460 g/mol. The van der Waals surface area contributed by atoms with Crippen LogP contribution < -0.4 is 0 Å². The predicted octanol–water partition coefficient (Wildman–Crippen LogP) is 27.5. The van der Waals surface area contributed by atoms with Crippen molar-refractivity contribution in [2.24, 2.45) is 0 Å². The summed E-state index contributed by atoms with van der Waals surface area (Å²) in [5.74, 6) is 2.62. The van der Waals surface area contributed by atoms with Gasteiger partial charge in [0, 0.05) is 66.1 Å². The van der Waals surface area contributed by atoms with Crippen molar-refractivity contribution < 1.29 is 0 Å². The summed E-state index contributed by atoms with van der Waals surface area (Å²) in [5, 5.41) is 6.93. The van der Waals surface area contributed by atoms with E-state index in [1.54, 1.807) is 0 Å². The van der Waals surface area contributed by atoms with E-state index in [2.05, 4.69) is 346 Å². The minimum Gasteiger partial charge on any atom is -0.247 e. The molecule has 2 aliphatic rings. The van der Waals surface area contributed by atoms with Crippen molar-refractivity contribution in [3.05, 3.63) is 487 Å². The van der Waals surface area contributed by atoms with Gasteiger partial charge < -0.3 is 0 Å². The maximum atomic E-state index is 5.39. The molecule has 4 heterocycles. The minimum absolute atomic E-state index is 0.484. The summed E-state index contributed by atoms with van der Waals surface area (Å²) in [6.45, 7) is 0. The van der Waals surface area contributed by atoms with Gasteiger partial charge in [0.1, 0.15) is 0 Å². The van der Waals surface area contributed by atoms with Crippen LogP contribution in [0.5, 0.6) is 0 Å². The lowest BCUT2D eigenvalue weighted by Gasteiger charge is -2.34. The normalized spacial score (nSPS) is 12.6. The molecular formula is C113H73N7. The van der Waals surface area contributed by atoms with Crippen molar-refractivity contribution >= 4 is 43.4 Å². The third kappa shape index (κ3) is 12.1. The molecule has 0 radical (unpaired) electrons. The van der Waals surface area contributed by atoms with Gasteiger partial charge in [-0.25, -0.2) is 34.9 Å². The fraction of sp³-hybridized carbons (Fsp3) is 0.0177. The summed E-state index contributed by atoms with van der Waals surface area (Å²) >= 11 is 0. The molecule has 0 fully saturated rings. The Labute approximate surface area is 695 Å². The van der Waals surface area contributed by atoms with Gasteiger partial charge in [-0.3, -0.25) is 0 Å². The molecule has 0 bridgehead atoms. The van der Waals surface area contributed by atoms with E-state index < -0.39 is 10.8 Å². The maximum Gasteiger partial charge on any atom is 0.164 e. The third-order valence-corrected chi connectivity index (χ3v) is 24.2. The van der Waals surface area contributed by atoms with Crippen LogP contribution in [0.15, 0.2) is 443 Å². The molecule has 21 aromatic rings. The first kappa shape index (κ1) is 70.8. The second-order valence-electron chi connectivity index (χ2n) is 30.9. The van der Waals surface area contributed by atoms with E-state index in [0.29, 0.717) is 23.3 Å². The van der Waals surface area contributed by atoms with Gasteiger partial charge in [0.2, 0.25) is 0 Å². The fourth-order valence-corrected chi connectivity index (χ4v) is 18.6. The number of benzene rings is 17. The highest BCUT2D eigenvalue weighted by Crippen LogP contribution is 2.60. The number of para-hydroxylation sites is 2. The van der Waals surface area contributed by atoms with Gasteiger partial charge in [-0.1, -0.05) is 400 Å². The quantitative estimate of drug-likeness (QED) is 0.106. The predicted molar refractivity (Wildman–Crippen MR) is 491 cm³/mol. The standard InChI is InChI=1S/C59H38N4.C54H35N3/c1-5-17-42(18-6-1)56-61-57(43-19-7-2-8-20-43)63-58(62-56)44-35-31-40(32-36-44)39-29-33-41(34-30-39)55-51-37-50-47-25-13-15-27-52(47)59(45-21-9-3-10-22-45,46-23-11-4-12-24-46)53(50)38-49(51)48-26-14-16-28-54(48)60-55;1-5-17-36(18-6-1)50-35-51(37-19-7-2-8-20-37)57-53(56-50)39-31-29-38(30-32-39)52-46-33-45-42-25-13-15-27-47(42)54(40-21-9-3-10-22-40,41-23-11-4-12-24-41)48(45)34-44(46)43-26-14-16-28-49(43)55-52/h1-38H;1-35H. The summed E-state index contributed by atoms with van der Waals surface area (Å²) in [4.78, 5) is 35.7. The fourth-order valence-electron chi connectivity index (χ4n) is 18.6. The SMILES string of the molecule is c1ccc(-c2cc(-c3ccccc3)nc(-c3ccc(-c4nc5ccccc5c5cc6c(cc45)-c4ccccc4C6(c4ccccc4)c4ccccc4)cc3)n2)cc1.c1ccc(-c2nc(-c3ccccc3)nc(-c3ccc(-c4ccc(-c5nc6ccccc6c6cc7c(cc56)-c5ccccc5C7(c5ccccc5)c5ccccc5)cc4)cc3)n2)cc1. The van der Waals surface area contributed by atoms with Crippen LogP contribution in [0.1, 0.15) is 44.5 Å². The first-order valence-electron chi connectivity index (χ1n) is 40.8. The molecule has 2 aliphatic carbocycles. The number of hydrogen-bond acceptors (Lipinski definition) is 7. The van der Waals surface area contributed by atoms with Gasteiger partial charge in [-0.05, 0) is 131 Å². The lowest BCUT2D eigenvalue weighted by molar-refractivity contribution is 0.769. The zero-order chi connectivity index (χ0) is 79.5. The van der Waals surface area contributed by atoms with Gasteiger partial charge in [-0.2, -0.15) is 0 Å². The molecule has 0 amide bonds. The molecule has 0 spiro atoms. The number of rotatable bonds is 13.